The zero-order valence-electron chi connectivity index (χ0n) is 11.8. The molecule has 1 aromatic rings. The molecule has 0 aromatic carbocycles. The van der Waals surface area contributed by atoms with E-state index in [1.165, 1.54) is 17.4 Å². The Labute approximate surface area is 126 Å². The number of anilines is 1. The molecular formula is C15H17NO4S. The Balaban J connectivity index is 1.95. The van der Waals surface area contributed by atoms with Crippen molar-refractivity contribution >= 4 is 34.1 Å². The van der Waals surface area contributed by atoms with Crippen LogP contribution in [0, 0.1) is 12.3 Å². The van der Waals surface area contributed by atoms with Gasteiger partial charge in [0.2, 0.25) is 11.8 Å². The van der Waals surface area contributed by atoms with Crippen molar-refractivity contribution in [1.29, 1.82) is 0 Å². The number of amides is 2. The minimum Gasteiger partial charge on any atom is -0.478 e. The van der Waals surface area contributed by atoms with Crippen molar-refractivity contribution in [2.24, 2.45) is 5.41 Å². The van der Waals surface area contributed by atoms with Gasteiger partial charge in [-0.1, -0.05) is 12.8 Å². The summed E-state index contributed by atoms with van der Waals surface area (Å²) in [4.78, 5) is 38.1. The summed E-state index contributed by atoms with van der Waals surface area (Å²) in [7, 11) is 0. The monoisotopic (exact) mass is 307 g/mol. The molecule has 2 fully saturated rings. The highest BCUT2D eigenvalue weighted by Crippen LogP contribution is 2.48. The van der Waals surface area contributed by atoms with Gasteiger partial charge in [0.05, 0.1) is 5.56 Å². The highest BCUT2D eigenvalue weighted by Gasteiger charge is 2.46. The van der Waals surface area contributed by atoms with Gasteiger partial charge in [-0.25, -0.2) is 9.69 Å². The van der Waals surface area contributed by atoms with Crippen LogP contribution in [0.5, 0.6) is 0 Å². The number of rotatable bonds is 2. The van der Waals surface area contributed by atoms with Gasteiger partial charge in [-0.3, -0.25) is 9.59 Å². The molecular weight excluding hydrogens is 290 g/mol. The molecule has 0 unspecified atom stereocenters. The fourth-order valence-corrected chi connectivity index (χ4v) is 4.56. The second kappa shape index (κ2) is 4.94. The lowest BCUT2D eigenvalue weighted by Crippen LogP contribution is -2.47. The Kier molecular flexibility index (Phi) is 3.36. The lowest BCUT2D eigenvalue weighted by Gasteiger charge is -2.36. The van der Waals surface area contributed by atoms with E-state index in [1.807, 2.05) is 0 Å². The lowest BCUT2D eigenvalue weighted by molar-refractivity contribution is -0.133. The maximum atomic E-state index is 12.5. The molecule has 2 aliphatic rings. The molecule has 5 nitrogen and oxygen atoms in total. The standard InChI is InChI=1S/C15H17NO4S/c1-9-6-10(14(19)20)13(21-9)16-11(17)7-15(8-12(16)18)4-2-3-5-15/h6H,2-5,7-8H2,1H3,(H,19,20). The smallest absolute Gasteiger partial charge is 0.338 e. The van der Waals surface area contributed by atoms with E-state index in [-0.39, 0.29) is 27.8 Å². The summed E-state index contributed by atoms with van der Waals surface area (Å²) in [5.74, 6) is -1.61. The second-order valence-electron chi connectivity index (χ2n) is 6.06. The Bertz CT molecular complexity index is 608. The van der Waals surface area contributed by atoms with Crippen LogP contribution in [0.4, 0.5) is 5.00 Å². The van der Waals surface area contributed by atoms with Crippen LogP contribution in [0.15, 0.2) is 6.07 Å². The predicted octanol–water partition coefficient (Wildman–Crippen LogP) is 2.97. The fourth-order valence-electron chi connectivity index (χ4n) is 3.53. The molecule has 6 heteroatoms. The number of aryl methyl sites for hydroxylation is 1. The van der Waals surface area contributed by atoms with Gasteiger partial charge >= 0.3 is 5.97 Å². The SMILES string of the molecule is Cc1cc(C(=O)O)c(N2C(=O)CC3(CCCC3)CC2=O)s1. The van der Waals surface area contributed by atoms with Gasteiger partial charge in [-0.05, 0) is 31.2 Å². The summed E-state index contributed by atoms with van der Waals surface area (Å²) in [5.41, 5.74) is -0.123. The van der Waals surface area contributed by atoms with Crippen LogP contribution < -0.4 is 4.90 Å². The molecule has 3 rings (SSSR count). The first kappa shape index (κ1) is 14.3. The average Bonchev–Trinajstić information content (AvgIpc) is 2.96. The van der Waals surface area contributed by atoms with E-state index in [0.29, 0.717) is 12.8 Å². The molecule has 1 aliphatic carbocycles. The first-order valence-corrected chi connectivity index (χ1v) is 7.93. The van der Waals surface area contributed by atoms with Crippen LogP contribution in [0.25, 0.3) is 0 Å². The highest BCUT2D eigenvalue weighted by atomic mass is 32.1. The summed E-state index contributed by atoms with van der Waals surface area (Å²) in [6, 6.07) is 1.52. The number of nitrogens with zero attached hydrogens (tertiary/aromatic N) is 1. The number of hydrogen-bond donors (Lipinski definition) is 1. The third-order valence-corrected chi connectivity index (χ3v) is 5.52. The normalized spacial score (nSPS) is 21.3. The molecule has 1 spiro atoms. The van der Waals surface area contributed by atoms with Gasteiger partial charge < -0.3 is 5.11 Å². The van der Waals surface area contributed by atoms with E-state index in [4.69, 9.17) is 0 Å². The van der Waals surface area contributed by atoms with E-state index in [1.54, 1.807) is 6.92 Å². The van der Waals surface area contributed by atoms with Gasteiger partial charge in [0.1, 0.15) is 5.00 Å². The molecule has 0 bridgehead atoms. The summed E-state index contributed by atoms with van der Waals surface area (Å²) >= 11 is 1.19. The number of aromatic carboxylic acids is 1. The van der Waals surface area contributed by atoms with Gasteiger partial charge in [0.25, 0.3) is 0 Å². The van der Waals surface area contributed by atoms with Crippen molar-refractivity contribution in [3.63, 3.8) is 0 Å². The van der Waals surface area contributed by atoms with E-state index in [9.17, 15) is 19.5 Å². The molecule has 1 saturated carbocycles. The van der Waals surface area contributed by atoms with Crippen molar-refractivity contribution in [3.8, 4) is 0 Å². The molecule has 1 aliphatic heterocycles. The van der Waals surface area contributed by atoms with Crippen LogP contribution in [0.1, 0.15) is 53.8 Å². The lowest BCUT2D eigenvalue weighted by atomic mass is 9.76. The van der Waals surface area contributed by atoms with Gasteiger partial charge in [-0.2, -0.15) is 0 Å². The summed E-state index contributed by atoms with van der Waals surface area (Å²) in [6.45, 7) is 1.78. The molecule has 21 heavy (non-hydrogen) atoms. The van der Waals surface area contributed by atoms with E-state index in [0.717, 1.165) is 35.5 Å². The summed E-state index contributed by atoms with van der Waals surface area (Å²) in [6.07, 6.45) is 4.70. The molecule has 2 heterocycles. The third kappa shape index (κ3) is 2.37. The molecule has 0 radical (unpaired) electrons. The van der Waals surface area contributed by atoms with Gasteiger partial charge in [0.15, 0.2) is 0 Å². The fraction of sp³-hybridized carbons (Fsp3) is 0.533. The average molecular weight is 307 g/mol. The summed E-state index contributed by atoms with van der Waals surface area (Å²) < 4.78 is 0. The number of carboxylic acids is 1. The second-order valence-corrected chi connectivity index (χ2v) is 7.30. The molecule has 112 valence electrons. The van der Waals surface area contributed by atoms with Crippen molar-refractivity contribution < 1.29 is 19.5 Å². The quantitative estimate of drug-likeness (QED) is 0.852. The topological polar surface area (TPSA) is 74.7 Å². The largest absolute Gasteiger partial charge is 0.478 e. The third-order valence-electron chi connectivity index (χ3n) is 4.48. The number of carboxylic acid groups (broad SMARTS) is 1. The van der Waals surface area contributed by atoms with Crippen LogP contribution in [0.2, 0.25) is 0 Å². The Hall–Kier alpha value is -1.69. The van der Waals surface area contributed by atoms with Crippen molar-refractivity contribution in [2.75, 3.05) is 4.90 Å². The van der Waals surface area contributed by atoms with Crippen molar-refractivity contribution in [1.82, 2.24) is 0 Å². The number of thiophene rings is 1. The minimum absolute atomic E-state index is 0.0431. The van der Waals surface area contributed by atoms with Gasteiger partial charge in [-0.15, -0.1) is 11.3 Å². The maximum absolute atomic E-state index is 12.5. The first-order chi connectivity index (χ1) is 9.92. The van der Waals surface area contributed by atoms with E-state index >= 15 is 0 Å². The maximum Gasteiger partial charge on any atom is 0.338 e. The Morgan fingerprint density at radius 3 is 2.33 bits per heavy atom. The first-order valence-electron chi connectivity index (χ1n) is 7.11. The van der Waals surface area contributed by atoms with Crippen LogP contribution in [0.3, 0.4) is 0 Å². The van der Waals surface area contributed by atoms with E-state index in [2.05, 4.69) is 0 Å². The summed E-state index contributed by atoms with van der Waals surface area (Å²) in [5, 5.41) is 9.51. The zero-order valence-corrected chi connectivity index (χ0v) is 12.7. The molecule has 0 atom stereocenters. The van der Waals surface area contributed by atoms with Crippen LogP contribution in [-0.2, 0) is 9.59 Å². The van der Waals surface area contributed by atoms with Gasteiger partial charge in [0, 0.05) is 17.7 Å². The number of imide groups is 1. The zero-order chi connectivity index (χ0) is 15.2. The molecule has 2 amide bonds. The number of carbonyl (C=O) groups excluding carboxylic acids is 2. The Morgan fingerprint density at radius 1 is 1.24 bits per heavy atom. The molecule has 1 N–H and O–H groups in total. The van der Waals surface area contributed by atoms with E-state index < -0.39 is 5.97 Å². The highest BCUT2D eigenvalue weighted by molar-refractivity contribution is 7.17. The Morgan fingerprint density at radius 2 is 1.81 bits per heavy atom. The minimum atomic E-state index is -1.10. The number of hydrogen-bond acceptors (Lipinski definition) is 4. The van der Waals surface area contributed by atoms with Crippen molar-refractivity contribution in [2.45, 2.75) is 45.4 Å². The predicted molar refractivity (Wildman–Crippen MR) is 78.6 cm³/mol. The number of piperidine rings is 1. The number of carbonyl (C=O) groups is 3. The van der Waals surface area contributed by atoms with Crippen LogP contribution in [-0.4, -0.2) is 22.9 Å². The molecule has 1 saturated heterocycles. The van der Waals surface area contributed by atoms with Crippen molar-refractivity contribution in [3.05, 3.63) is 16.5 Å². The molecule has 1 aromatic heterocycles. The van der Waals surface area contributed by atoms with Crippen LogP contribution >= 0.6 is 11.3 Å².